The summed E-state index contributed by atoms with van der Waals surface area (Å²) in [4.78, 5) is 15.6. The monoisotopic (exact) mass is 406 g/mol. The van der Waals surface area contributed by atoms with Crippen LogP contribution in [0.25, 0.3) is 11.5 Å². The summed E-state index contributed by atoms with van der Waals surface area (Å²) in [7, 11) is -4.06. The Bertz CT molecular complexity index is 1050. The van der Waals surface area contributed by atoms with Crippen molar-refractivity contribution in [3.8, 4) is 11.5 Å². The molecule has 0 atom stereocenters. The van der Waals surface area contributed by atoms with Gasteiger partial charge in [-0.1, -0.05) is 29.3 Å². The lowest BCUT2D eigenvalue weighted by Crippen LogP contribution is -2.31. The van der Waals surface area contributed by atoms with Crippen LogP contribution in [-0.2, 0) is 21.2 Å². The summed E-state index contributed by atoms with van der Waals surface area (Å²) >= 11 is 5.67. The van der Waals surface area contributed by atoms with Gasteiger partial charge in [-0.2, -0.15) is 8.42 Å². The molecule has 0 aliphatic rings. The normalized spacial score (nSPS) is 11.3. The van der Waals surface area contributed by atoms with Gasteiger partial charge in [0.25, 0.3) is 10.0 Å². The van der Waals surface area contributed by atoms with E-state index in [9.17, 15) is 13.2 Å². The lowest BCUT2D eigenvalue weighted by atomic mass is 10.1. The Morgan fingerprint density at radius 1 is 1.15 bits per heavy atom. The molecular weight excluding hydrogens is 392 g/mol. The Morgan fingerprint density at radius 3 is 2.56 bits per heavy atom. The second-order valence-corrected chi connectivity index (χ2v) is 7.78. The summed E-state index contributed by atoms with van der Waals surface area (Å²) in [5.41, 5.74) is 1.87. The molecule has 8 nitrogen and oxygen atoms in total. The number of nitrogens with one attached hydrogen (secondary N) is 1. The quantitative estimate of drug-likeness (QED) is 0.668. The number of pyridine rings is 1. The minimum Gasteiger partial charge on any atom is -0.421 e. The van der Waals surface area contributed by atoms with Gasteiger partial charge in [0, 0.05) is 24.6 Å². The number of hydrogen-bond acceptors (Lipinski definition) is 7. The van der Waals surface area contributed by atoms with E-state index >= 15 is 0 Å². The number of sulfonamides is 1. The van der Waals surface area contributed by atoms with Gasteiger partial charge in [0.2, 0.25) is 17.7 Å². The van der Waals surface area contributed by atoms with Crippen LogP contribution in [0, 0.1) is 6.92 Å². The zero-order valence-electron chi connectivity index (χ0n) is 14.2. The Kier molecular flexibility index (Phi) is 5.52. The molecule has 0 saturated carbocycles. The Hall–Kier alpha value is -2.78. The van der Waals surface area contributed by atoms with E-state index in [0.717, 1.165) is 11.1 Å². The van der Waals surface area contributed by atoms with Crippen molar-refractivity contribution < 1.29 is 17.6 Å². The number of aromatic nitrogens is 3. The molecule has 2 heterocycles. The van der Waals surface area contributed by atoms with Gasteiger partial charge in [-0.15, -0.1) is 10.2 Å². The third kappa shape index (κ3) is 4.89. The summed E-state index contributed by atoms with van der Waals surface area (Å²) in [6.07, 6.45) is 1.16. The highest BCUT2D eigenvalue weighted by Crippen LogP contribution is 2.18. The standard InChI is InChI=1S/C17H15ClN4O4S/c1-11-2-4-12(5-3-11)17-21-20-15(26-17)8-7-14(23)22-27(24,25)16-9-6-13(18)10-19-16/h2-6,9-10H,7-8H2,1H3,(H,22,23). The van der Waals surface area contributed by atoms with Crippen molar-refractivity contribution in [1.82, 2.24) is 19.9 Å². The van der Waals surface area contributed by atoms with Gasteiger partial charge in [0.15, 0.2) is 5.03 Å². The molecule has 3 aromatic rings. The number of amides is 1. The van der Waals surface area contributed by atoms with Crippen molar-refractivity contribution in [2.24, 2.45) is 0 Å². The zero-order valence-corrected chi connectivity index (χ0v) is 15.8. The molecule has 0 unspecified atom stereocenters. The van der Waals surface area contributed by atoms with Crippen molar-refractivity contribution in [3.05, 3.63) is 59.1 Å². The predicted octanol–water partition coefficient (Wildman–Crippen LogP) is 2.53. The molecule has 1 N–H and O–H groups in total. The van der Waals surface area contributed by atoms with Crippen LogP contribution in [0.4, 0.5) is 0 Å². The zero-order chi connectivity index (χ0) is 19.4. The van der Waals surface area contributed by atoms with Gasteiger partial charge in [0.05, 0.1) is 5.02 Å². The smallest absolute Gasteiger partial charge is 0.281 e. The van der Waals surface area contributed by atoms with Crippen molar-refractivity contribution in [2.75, 3.05) is 0 Å². The van der Waals surface area contributed by atoms with Gasteiger partial charge in [-0.25, -0.2) is 9.71 Å². The second-order valence-electron chi connectivity index (χ2n) is 5.71. The van der Waals surface area contributed by atoms with Crippen molar-refractivity contribution in [2.45, 2.75) is 24.8 Å². The number of halogens is 1. The molecule has 10 heteroatoms. The largest absolute Gasteiger partial charge is 0.421 e. The summed E-state index contributed by atoms with van der Waals surface area (Å²) in [5, 5.41) is 7.81. The summed E-state index contributed by atoms with van der Waals surface area (Å²) in [6, 6.07) is 10.1. The molecule has 1 aromatic carbocycles. The molecule has 1 amide bonds. The predicted molar refractivity (Wildman–Crippen MR) is 97.4 cm³/mol. The third-order valence-corrected chi connectivity index (χ3v) is 5.07. The van der Waals surface area contributed by atoms with Crippen LogP contribution in [0.5, 0.6) is 0 Å². The molecule has 3 rings (SSSR count). The van der Waals surface area contributed by atoms with E-state index in [2.05, 4.69) is 15.2 Å². The van der Waals surface area contributed by atoms with E-state index in [1.165, 1.54) is 18.3 Å². The van der Waals surface area contributed by atoms with E-state index < -0.39 is 15.9 Å². The third-order valence-electron chi connectivity index (χ3n) is 3.56. The Balaban J connectivity index is 1.59. The van der Waals surface area contributed by atoms with Crippen LogP contribution < -0.4 is 4.72 Å². The van der Waals surface area contributed by atoms with Crippen LogP contribution in [0.1, 0.15) is 17.9 Å². The van der Waals surface area contributed by atoms with Crippen molar-refractivity contribution >= 4 is 27.5 Å². The average Bonchev–Trinajstić information content (AvgIpc) is 3.10. The van der Waals surface area contributed by atoms with Crippen molar-refractivity contribution in [1.29, 1.82) is 0 Å². The highest BCUT2D eigenvalue weighted by Gasteiger charge is 2.19. The maximum atomic E-state index is 12.1. The molecule has 0 fully saturated rings. The highest BCUT2D eigenvalue weighted by atomic mass is 35.5. The van der Waals surface area contributed by atoms with Gasteiger partial charge >= 0.3 is 0 Å². The van der Waals surface area contributed by atoms with E-state index in [1.807, 2.05) is 35.9 Å². The number of aryl methyl sites for hydroxylation is 2. The van der Waals surface area contributed by atoms with Crippen molar-refractivity contribution in [3.63, 3.8) is 0 Å². The topological polar surface area (TPSA) is 115 Å². The fourth-order valence-electron chi connectivity index (χ4n) is 2.16. The first-order valence-electron chi connectivity index (χ1n) is 7.90. The van der Waals surface area contributed by atoms with E-state index in [1.54, 1.807) is 0 Å². The molecule has 0 saturated heterocycles. The van der Waals surface area contributed by atoms with E-state index in [-0.39, 0.29) is 23.8 Å². The maximum absolute atomic E-state index is 12.1. The average molecular weight is 407 g/mol. The number of carbonyl (C=O) groups excluding carboxylic acids is 1. The first kappa shape index (κ1) is 19.0. The molecule has 0 spiro atoms. The molecule has 0 aliphatic heterocycles. The maximum Gasteiger partial charge on any atom is 0.281 e. The Labute approximate surface area is 160 Å². The minimum atomic E-state index is -4.06. The number of benzene rings is 1. The number of hydrogen-bond donors (Lipinski definition) is 1. The SMILES string of the molecule is Cc1ccc(-c2nnc(CCC(=O)NS(=O)(=O)c3ccc(Cl)cn3)o2)cc1. The summed E-state index contributed by atoms with van der Waals surface area (Å²) < 4.78 is 31.6. The fraction of sp³-hybridized carbons (Fsp3) is 0.176. The fourth-order valence-corrected chi connectivity index (χ4v) is 3.22. The molecule has 0 radical (unpaired) electrons. The number of nitrogens with zero attached hydrogens (tertiary/aromatic N) is 3. The lowest BCUT2D eigenvalue weighted by molar-refractivity contribution is -0.119. The molecule has 140 valence electrons. The second kappa shape index (κ2) is 7.85. The van der Waals surface area contributed by atoms with Gasteiger partial charge in [-0.3, -0.25) is 4.79 Å². The van der Waals surface area contributed by atoms with Crippen LogP contribution in [0.2, 0.25) is 5.02 Å². The lowest BCUT2D eigenvalue weighted by Gasteiger charge is -2.05. The highest BCUT2D eigenvalue weighted by molar-refractivity contribution is 7.90. The molecule has 27 heavy (non-hydrogen) atoms. The van der Waals surface area contributed by atoms with Crippen LogP contribution in [0.3, 0.4) is 0 Å². The molecule has 0 aliphatic carbocycles. The van der Waals surface area contributed by atoms with E-state index in [4.69, 9.17) is 16.0 Å². The molecular formula is C17H15ClN4O4S. The number of rotatable bonds is 6. The van der Waals surface area contributed by atoms with Crippen LogP contribution >= 0.6 is 11.6 Å². The van der Waals surface area contributed by atoms with Gasteiger partial charge in [0.1, 0.15) is 0 Å². The summed E-state index contributed by atoms with van der Waals surface area (Å²) in [6.45, 7) is 1.97. The number of carbonyl (C=O) groups is 1. The van der Waals surface area contributed by atoms with Gasteiger partial charge < -0.3 is 4.42 Å². The Morgan fingerprint density at radius 2 is 1.89 bits per heavy atom. The molecule has 0 bridgehead atoms. The van der Waals surface area contributed by atoms with Crippen LogP contribution in [-0.4, -0.2) is 29.5 Å². The first-order valence-corrected chi connectivity index (χ1v) is 9.76. The molecule has 2 aromatic heterocycles. The summed E-state index contributed by atoms with van der Waals surface area (Å²) in [5.74, 6) is -0.132. The van der Waals surface area contributed by atoms with Gasteiger partial charge in [-0.05, 0) is 31.2 Å². The minimum absolute atomic E-state index is 0.105. The van der Waals surface area contributed by atoms with Crippen LogP contribution in [0.15, 0.2) is 52.0 Å². The first-order chi connectivity index (χ1) is 12.8. The van der Waals surface area contributed by atoms with E-state index in [0.29, 0.717) is 10.9 Å².